The molecule has 0 aromatic heterocycles. The van der Waals surface area contributed by atoms with Crippen LogP contribution >= 0.6 is 0 Å². The van der Waals surface area contributed by atoms with E-state index in [1.165, 1.54) is 0 Å². The number of unbranched alkanes of at least 4 members (excludes halogenated alkanes) is 2. The van der Waals surface area contributed by atoms with Crippen molar-refractivity contribution in [3.05, 3.63) is 0 Å². The molecule has 0 amide bonds. The van der Waals surface area contributed by atoms with Crippen molar-refractivity contribution >= 4 is 12.1 Å². The summed E-state index contributed by atoms with van der Waals surface area (Å²) >= 11 is 0. The Morgan fingerprint density at radius 3 is 2.38 bits per heavy atom. The van der Waals surface area contributed by atoms with E-state index >= 15 is 0 Å². The monoisotopic (exact) mass is 231 g/mol. The number of esters is 1. The largest absolute Gasteiger partial charge is 0.516 e. The Morgan fingerprint density at radius 2 is 1.88 bits per heavy atom. The standard InChI is InChI=1S/C11H21NO4/c1-4-5-6-7-15-11(14)16-10(13)9(12)8(2)3/h8-9H,4-7,12H2,1-3H3/t9-/m0/s1. The summed E-state index contributed by atoms with van der Waals surface area (Å²) in [5, 5.41) is 0. The van der Waals surface area contributed by atoms with Gasteiger partial charge < -0.3 is 15.2 Å². The lowest BCUT2D eigenvalue weighted by molar-refractivity contribution is -0.142. The second kappa shape index (κ2) is 8.10. The fourth-order valence-electron chi connectivity index (χ4n) is 0.959. The summed E-state index contributed by atoms with van der Waals surface area (Å²) in [5.41, 5.74) is 5.50. The molecular formula is C11H21NO4. The number of ether oxygens (including phenoxy) is 2. The second-order valence-electron chi connectivity index (χ2n) is 4.00. The quantitative estimate of drug-likeness (QED) is 0.428. The van der Waals surface area contributed by atoms with Crippen molar-refractivity contribution in [2.75, 3.05) is 6.61 Å². The van der Waals surface area contributed by atoms with Crippen LogP contribution in [0, 0.1) is 5.92 Å². The number of hydrogen-bond donors (Lipinski definition) is 1. The molecule has 0 unspecified atom stereocenters. The fourth-order valence-corrected chi connectivity index (χ4v) is 0.959. The van der Waals surface area contributed by atoms with Crippen LogP contribution in [0.3, 0.4) is 0 Å². The van der Waals surface area contributed by atoms with Crippen LogP contribution in [-0.4, -0.2) is 24.8 Å². The van der Waals surface area contributed by atoms with Crippen molar-refractivity contribution in [3.63, 3.8) is 0 Å². The number of carbonyl (C=O) groups excluding carboxylic acids is 2. The molecule has 0 aromatic rings. The van der Waals surface area contributed by atoms with E-state index in [0.29, 0.717) is 0 Å². The molecule has 0 fully saturated rings. The molecule has 5 nitrogen and oxygen atoms in total. The predicted molar refractivity (Wildman–Crippen MR) is 59.8 cm³/mol. The van der Waals surface area contributed by atoms with Crippen molar-refractivity contribution in [3.8, 4) is 0 Å². The molecule has 0 radical (unpaired) electrons. The Hall–Kier alpha value is -1.10. The minimum Gasteiger partial charge on any atom is -0.434 e. The smallest absolute Gasteiger partial charge is 0.434 e. The summed E-state index contributed by atoms with van der Waals surface area (Å²) in [4.78, 5) is 22.3. The van der Waals surface area contributed by atoms with Crippen molar-refractivity contribution in [2.45, 2.75) is 46.1 Å². The molecule has 0 bridgehead atoms. The molecular weight excluding hydrogens is 210 g/mol. The topological polar surface area (TPSA) is 78.6 Å². The summed E-state index contributed by atoms with van der Waals surface area (Å²) in [5.74, 6) is -0.809. The highest BCUT2D eigenvalue weighted by Crippen LogP contribution is 2.02. The normalized spacial score (nSPS) is 12.3. The summed E-state index contributed by atoms with van der Waals surface area (Å²) < 4.78 is 9.14. The van der Waals surface area contributed by atoms with Crippen molar-refractivity contribution < 1.29 is 19.1 Å². The van der Waals surface area contributed by atoms with E-state index in [9.17, 15) is 9.59 Å². The number of rotatable bonds is 6. The number of carbonyl (C=O) groups is 2. The molecule has 2 N–H and O–H groups in total. The van der Waals surface area contributed by atoms with Crippen LogP contribution in [0.4, 0.5) is 4.79 Å². The van der Waals surface area contributed by atoms with Crippen LogP contribution in [0.1, 0.15) is 40.0 Å². The number of nitrogens with two attached hydrogens (primary N) is 1. The van der Waals surface area contributed by atoms with E-state index in [1.807, 2.05) is 6.92 Å². The Morgan fingerprint density at radius 1 is 1.25 bits per heavy atom. The summed E-state index contributed by atoms with van der Waals surface area (Å²) in [6, 6.07) is -0.789. The first kappa shape index (κ1) is 14.9. The van der Waals surface area contributed by atoms with Gasteiger partial charge in [0.05, 0.1) is 6.61 Å². The Labute approximate surface area is 96.3 Å². The predicted octanol–water partition coefficient (Wildman–Crippen LogP) is 1.84. The third-order valence-electron chi connectivity index (χ3n) is 2.14. The first-order valence-corrected chi connectivity index (χ1v) is 5.63. The molecule has 0 saturated carbocycles. The van der Waals surface area contributed by atoms with Gasteiger partial charge in [-0.2, -0.15) is 0 Å². The lowest BCUT2D eigenvalue weighted by Crippen LogP contribution is -2.38. The lowest BCUT2D eigenvalue weighted by atomic mass is 10.1. The zero-order chi connectivity index (χ0) is 12.6. The van der Waals surface area contributed by atoms with Crippen LogP contribution in [0.2, 0.25) is 0 Å². The second-order valence-corrected chi connectivity index (χ2v) is 4.00. The average molecular weight is 231 g/mol. The first-order chi connectivity index (χ1) is 7.49. The van der Waals surface area contributed by atoms with Gasteiger partial charge in [0, 0.05) is 0 Å². The van der Waals surface area contributed by atoms with Crippen LogP contribution in [0.5, 0.6) is 0 Å². The zero-order valence-electron chi connectivity index (χ0n) is 10.2. The van der Waals surface area contributed by atoms with Gasteiger partial charge in [0.25, 0.3) is 0 Å². The van der Waals surface area contributed by atoms with Gasteiger partial charge in [0.15, 0.2) is 0 Å². The van der Waals surface area contributed by atoms with Gasteiger partial charge in [-0.25, -0.2) is 9.59 Å². The van der Waals surface area contributed by atoms with E-state index < -0.39 is 18.2 Å². The fraction of sp³-hybridized carbons (Fsp3) is 0.818. The van der Waals surface area contributed by atoms with E-state index in [4.69, 9.17) is 10.5 Å². The van der Waals surface area contributed by atoms with Gasteiger partial charge in [-0.15, -0.1) is 0 Å². The van der Waals surface area contributed by atoms with Gasteiger partial charge in [-0.3, -0.25) is 0 Å². The molecule has 0 saturated heterocycles. The zero-order valence-corrected chi connectivity index (χ0v) is 10.2. The van der Waals surface area contributed by atoms with Gasteiger partial charge >= 0.3 is 12.1 Å². The maximum atomic E-state index is 11.2. The molecule has 0 aliphatic heterocycles. The summed E-state index contributed by atoms with van der Waals surface area (Å²) in [7, 11) is 0. The van der Waals surface area contributed by atoms with E-state index in [-0.39, 0.29) is 12.5 Å². The highest BCUT2D eigenvalue weighted by Gasteiger charge is 2.22. The van der Waals surface area contributed by atoms with Crippen LogP contribution in [0.15, 0.2) is 0 Å². The SMILES string of the molecule is CCCCCOC(=O)OC(=O)[C@@H](N)C(C)C. The molecule has 0 aliphatic carbocycles. The van der Waals surface area contributed by atoms with Gasteiger partial charge in [0.1, 0.15) is 6.04 Å². The molecule has 0 aliphatic rings. The molecule has 0 heterocycles. The number of hydrogen-bond acceptors (Lipinski definition) is 5. The Kier molecular flexibility index (Phi) is 7.54. The third-order valence-corrected chi connectivity index (χ3v) is 2.14. The Bertz CT molecular complexity index is 228. The van der Waals surface area contributed by atoms with E-state index in [2.05, 4.69) is 4.74 Å². The maximum Gasteiger partial charge on any atom is 0.516 e. The van der Waals surface area contributed by atoms with Crippen LogP contribution < -0.4 is 5.73 Å². The minimum atomic E-state index is -0.961. The van der Waals surface area contributed by atoms with Crippen molar-refractivity contribution in [1.29, 1.82) is 0 Å². The lowest BCUT2D eigenvalue weighted by Gasteiger charge is -2.13. The molecule has 1 atom stereocenters. The minimum absolute atomic E-state index is 0.0691. The maximum absolute atomic E-state index is 11.2. The molecule has 0 spiro atoms. The molecule has 0 rings (SSSR count). The van der Waals surface area contributed by atoms with Gasteiger partial charge in [0.2, 0.25) is 0 Å². The van der Waals surface area contributed by atoms with Crippen molar-refractivity contribution in [1.82, 2.24) is 0 Å². The highest BCUT2D eigenvalue weighted by molar-refractivity contribution is 5.85. The van der Waals surface area contributed by atoms with Crippen LogP contribution in [0.25, 0.3) is 0 Å². The summed E-state index contributed by atoms with van der Waals surface area (Å²) in [6.07, 6.45) is 1.83. The van der Waals surface area contributed by atoms with Gasteiger partial charge in [-0.1, -0.05) is 33.6 Å². The molecule has 94 valence electrons. The average Bonchev–Trinajstić information content (AvgIpc) is 2.23. The van der Waals surface area contributed by atoms with E-state index in [1.54, 1.807) is 13.8 Å². The molecule has 5 heteroatoms. The van der Waals surface area contributed by atoms with Crippen molar-refractivity contribution in [2.24, 2.45) is 11.7 Å². The van der Waals surface area contributed by atoms with Crippen LogP contribution in [-0.2, 0) is 14.3 Å². The van der Waals surface area contributed by atoms with E-state index in [0.717, 1.165) is 19.3 Å². The highest BCUT2D eigenvalue weighted by atomic mass is 16.7. The van der Waals surface area contributed by atoms with Gasteiger partial charge in [-0.05, 0) is 12.3 Å². The third kappa shape index (κ3) is 6.40. The molecule has 16 heavy (non-hydrogen) atoms. The first-order valence-electron chi connectivity index (χ1n) is 5.63. The summed E-state index contributed by atoms with van der Waals surface area (Å²) in [6.45, 7) is 5.87. The Balaban J connectivity index is 3.74. The molecule has 0 aromatic carbocycles.